The lowest BCUT2D eigenvalue weighted by molar-refractivity contribution is 0.418. The molecule has 0 spiro atoms. The van der Waals surface area contributed by atoms with Crippen molar-refractivity contribution in [3.05, 3.63) is 12.7 Å². The lowest BCUT2D eigenvalue weighted by Gasteiger charge is -2.23. The number of hydrogen-bond donors (Lipinski definition) is 1. The lowest BCUT2D eigenvalue weighted by Crippen LogP contribution is -2.41. The molecule has 6 nitrogen and oxygen atoms in total. The van der Waals surface area contributed by atoms with E-state index in [1.165, 1.54) is 23.4 Å². The van der Waals surface area contributed by atoms with Gasteiger partial charge in [0.2, 0.25) is 10.0 Å². The van der Waals surface area contributed by atoms with Gasteiger partial charge in [0.15, 0.2) is 5.96 Å². The van der Waals surface area contributed by atoms with E-state index in [1.807, 2.05) is 20.0 Å². The topological polar surface area (TPSA) is 65.0 Å². The van der Waals surface area contributed by atoms with Crippen molar-refractivity contribution >= 4 is 40.0 Å². The van der Waals surface area contributed by atoms with Gasteiger partial charge in [-0.2, -0.15) is 0 Å². The van der Waals surface area contributed by atoms with Crippen LogP contribution in [0.25, 0.3) is 0 Å². The Morgan fingerprint density at radius 2 is 1.88 bits per heavy atom. The standard InChI is InChI=1S/C16H34N4O2S.HI/c1-6-8-9-10-11-14-19(4)16(17-3)18-13-12-15-20(7-2)23(5,21)22;/h6H,1,7-15H2,2-5H3,(H,17,18);1H. The summed E-state index contributed by atoms with van der Waals surface area (Å²) in [5, 5.41) is 3.29. The van der Waals surface area contributed by atoms with Gasteiger partial charge in [0, 0.05) is 40.3 Å². The second-order valence-corrected chi connectivity index (χ2v) is 7.62. The third-order valence-electron chi connectivity index (χ3n) is 3.66. The first-order valence-electron chi connectivity index (χ1n) is 8.34. The summed E-state index contributed by atoms with van der Waals surface area (Å²) >= 11 is 0. The Kier molecular flexibility index (Phi) is 16.1. The van der Waals surface area contributed by atoms with Crippen LogP contribution in [0.5, 0.6) is 0 Å². The summed E-state index contributed by atoms with van der Waals surface area (Å²) in [7, 11) is 0.695. The molecule has 0 saturated carbocycles. The molecule has 0 amide bonds. The highest BCUT2D eigenvalue weighted by Gasteiger charge is 2.13. The molecule has 0 unspecified atom stereocenters. The summed E-state index contributed by atoms with van der Waals surface area (Å²) in [6, 6.07) is 0. The Hall–Kier alpha value is -0.350. The van der Waals surface area contributed by atoms with Gasteiger partial charge in [0.1, 0.15) is 0 Å². The molecule has 0 heterocycles. The van der Waals surface area contributed by atoms with Crippen LogP contribution in [0.15, 0.2) is 17.6 Å². The zero-order valence-corrected chi connectivity index (χ0v) is 18.8. The molecule has 0 aromatic rings. The zero-order chi connectivity index (χ0) is 17.7. The normalized spacial score (nSPS) is 12.0. The Morgan fingerprint density at radius 1 is 1.21 bits per heavy atom. The van der Waals surface area contributed by atoms with Crippen LogP contribution in [-0.2, 0) is 10.0 Å². The zero-order valence-electron chi connectivity index (χ0n) is 15.6. The van der Waals surface area contributed by atoms with Crippen molar-refractivity contribution in [1.29, 1.82) is 0 Å². The number of hydrogen-bond acceptors (Lipinski definition) is 3. The fraction of sp³-hybridized carbons (Fsp3) is 0.812. The molecule has 0 atom stereocenters. The van der Waals surface area contributed by atoms with Crippen molar-refractivity contribution in [2.45, 2.75) is 39.0 Å². The van der Waals surface area contributed by atoms with Gasteiger partial charge < -0.3 is 10.2 Å². The SMILES string of the molecule is C=CCCCCCN(C)C(=NC)NCCCN(CC)S(C)(=O)=O.I. The molecule has 0 saturated heterocycles. The maximum atomic E-state index is 11.5. The molecule has 0 radical (unpaired) electrons. The van der Waals surface area contributed by atoms with Crippen LogP contribution < -0.4 is 5.32 Å². The maximum absolute atomic E-state index is 11.5. The number of unbranched alkanes of at least 4 members (excludes halogenated alkanes) is 3. The highest BCUT2D eigenvalue weighted by Crippen LogP contribution is 2.02. The lowest BCUT2D eigenvalue weighted by atomic mass is 10.2. The Labute approximate surface area is 165 Å². The average Bonchev–Trinajstić information content (AvgIpc) is 2.49. The van der Waals surface area contributed by atoms with E-state index < -0.39 is 10.0 Å². The van der Waals surface area contributed by atoms with Crippen LogP contribution in [0.1, 0.15) is 39.0 Å². The van der Waals surface area contributed by atoms with E-state index in [4.69, 9.17) is 0 Å². The maximum Gasteiger partial charge on any atom is 0.211 e. The van der Waals surface area contributed by atoms with Gasteiger partial charge >= 0.3 is 0 Å². The molecule has 0 bridgehead atoms. The number of aliphatic imine (C=N–C) groups is 1. The van der Waals surface area contributed by atoms with Crippen molar-refractivity contribution in [1.82, 2.24) is 14.5 Å². The van der Waals surface area contributed by atoms with Gasteiger partial charge in [-0.05, 0) is 25.7 Å². The number of nitrogens with one attached hydrogen (secondary N) is 1. The number of allylic oxidation sites excluding steroid dienone is 1. The van der Waals surface area contributed by atoms with Gasteiger partial charge in [0.25, 0.3) is 0 Å². The smallest absolute Gasteiger partial charge is 0.211 e. The van der Waals surface area contributed by atoms with Crippen molar-refractivity contribution in [2.75, 3.05) is 46.5 Å². The number of halogens is 1. The minimum Gasteiger partial charge on any atom is -0.356 e. The summed E-state index contributed by atoms with van der Waals surface area (Å²) in [6.45, 7) is 8.30. The summed E-state index contributed by atoms with van der Waals surface area (Å²) < 4.78 is 24.5. The number of sulfonamides is 1. The van der Waals surface area contributed by atoms with Crippen LogP contribution >= 0.6 is 24.0 Å². The van der Waals surface area contributed by atoms with Crippen molar-refractivity contribution in [3.8, 4) is 0 Å². The summed E-state index contributed by atoms with van der Waals surface area (Å²) in [4.78, 5) is 6.39. The van der Waals surface area contributed by atoms with E-state index in [2.05, 4.69) is 21.8 Å². The molecule has 8 heteroatoms. The summed E-state index contributed by atoms with van der Waals surface area (Å²) in [5.74, 6) is 0.858. The minimum absolute atomic E-state index is 0. The monoisotopic (exact) mass is 474 g/mol. The molecular formula is C16H35IN4O2S. The van der Waals surface area contributed by atoms with Crippen LogP contribution in [0.4, 0.5) is 0 Å². The van der Waals surface area contributed by atoms with Crippen LogP contribution in [0.3, 0.4) is 0 Å². The van der Waals surface area contributed by atoms with Crippen LogP contribution in [0, 0.1) is 0 Å². The predicted octanol–water partition coefficient (Wildman–Crippen LogP) is 2.53. The fourth-order valence-electron chi connectivity index (χ4n) is 2.32. The molecule has 0 aromatic carbocycles. The predicted molar refractivity (Wildman–Crippen MR) is 115 cm³/mol. The number of nitrogens with zero attached hydrogens (tertiary/aromatic N) is 3. The second kappa shape index (κ2) is 14.9. The summed E-state index contributed by atoms with van der Waals surface area (Å²) in [6.07, 6.45) is 8.54. The molecule has 0 aromatic heterocycles. The van der Waals surface area contributed by atoms with Gasteiger partial charge in [-0.1, -0.05) is 19.4 Å². The third kappa shape index (κ3) is 12.1. The Morgan fingerprint density at radius 3 is 2.38 bits per heavy atom. The first-order chi connectivity index (χ1) is 10.9. The fourth-order valence-corrected chi connectivity index (χ4v) is 3.25. The van der Waals surface area contributed by atoms with Crippen LogP contribution in [-0.4, -0.2) is 70.1 Å². The molecule has 0 aliphatic carbocycles. The minimum atomic E-state index is -3.10. The number of rotatable bonds is 12. The van der Waals surface area contributed by atoms with Gasteiger partial charge in [-0.3, -0.25) is 4.99 Å². The molecule has 0 aliphatic heterocycles. The highest BCUT2D eigenvalue weighted by molar-refractivity contribution is 14.0. The van der Waals surface area contributed by atoms with Crippen molar-refractivity contribution < 1.29 is 8.42 Å². The van der Waals surface area contributed by atoms with E-state index in [9.17, 15) is 8.42 Å². The first-order valence-corrected chi connectivity index (χ1v) is 10.2. The molecular weight excluding hydrogens is 439 g/mol. The van der Waals surface area contributed by atoms with Gasteiger partial charge in [-0.15, -0.1) is 30.6 Å². The Balaban J connectivity index is 0. The highest BCUT2D eigenvalue weighted by atomic mass is 127. The second-order valence-electron chi connectivity index (χ2n) is 5.64. The molecule has 144 valence electrons. The van der Waals surface area contributed by atoms with Crippen LogP contribution in [0.2, 0.25) is 0 Å². The molecule has 24 heavy (non-hydrogen) atoms. The molecule has 1 N–H and O–H groups in total. The molecule has 0 aliphatic rings. The molecule has 0 rings (SSSR count). The van der Waals surface area contributed by atoms with Gasteiger partial charge in [0.05, 0.1) is 6.26 Å². The van der Waals surface area contributed by atoms with E-state index in [0.29, 0.717) is 19.6 Å². The first kappa shape index (κ1) is 25.9. The third-order valence-corrected chi connectivity index (χ3v) is 5.04. The van der Waals surface area contributed by atoms with Crippen molar-refractivity contribution in [2.24, 2.45) is 4.99 Å². The average molecular weight is 474 g/mol. The molecule has 0 fully saturated rings. The number of guanidine groups is 1. The Bertz CT molecular complexity index is 455. The van der Waals surface area contributed by atoms with Crippen molar-refractivity contribution in [3.63, 3.8) is 0 Å². The van der Waals surface area contributed by atoms with E-state index in [1.54, 1.807) is 7.05 Å². The van der Waals surface area contributed by atoms with E-state index >= 15 is 0 Å². The van der Waals surface area contributed by atoms with E-state index in [0.717, 1.165) is 31.8 Å². The van der Waals surface area contributed by atoms with Gasteiger partial charge in [-0.25, -0.2) is 12.7 Å². The van der Waals surface area contributed by atoms with E-state index in [-0.39, 0.29) is 24.0 Å². The summed E-state index contributed by atoms with van der Waals surface area (Å²) in [5.41, 5.74) is 0. The quantitative estimate of drug-likeness (QED) is 0.155. The largest absolute Gasteiger partial charge is 0.356 e.